The van der Waals surface area contributed by atoms with Crippen molar-refractivity contribution in [1.29, 1.82) is 0 Å². The molecule has 1 unspecified atom stereocenters. The molecule has 0 saturated carbocycles. The van der Waals surface area contributed by atoms with E-state index in [4.69, 9.17) is 5.73 Å². The van der Waals surface area contributed by atoms with Crippen LogP contribution in [0.15, 0.2) is 24.3 Å². The molecular formula is C10H11FN2O2. The average molecular weight is 210 g/mol. The van der Waals surface area contributed by atoms with Crippen LogP contribution in [0.25, 0.3) is 6.08 Å². The molecule has 0 aliphatic rings. The molecule has 15 heavy (non-hydrogen) atoms. The average Bonchev–Trinajstić information content (AvgIpc) is 2.15. The fourth-order valence-corrected chi connectivity index (χ4v) is 1.06. The van der Waals surface area contributed by atoms with Gasteiger partial charge in [0.05, 0.1) is 4.92 Å². The van der Waals surface area contributed by atoms with Crippen molar-refractivity contribution >= 4 is 11.8 Å². The highest BCUT2D eigenvalue weighted by molar-refractivity contribution is 5.55. The van der Waals surface area contributed by atoms with E-state index in [0.717, 1.165) is 6.07 Å². The number of nitrogens with two attached hydrogens (primary N) is 1. The number of hydrogen-bond donors (Lipinski definition) is 1. The summed E-state index contributed by atoms with van der Waals surface area (Å²) in [5.41, 5.74) is 5.09. The van der Waals surface area contributed by atoms with E-state index >= 15 is 0 Å². The van der Waals surface area contributed by atoms with Crippen molar-refractivity contribution < 1.29 is 9.31 Å². The third-order valence-electron chi connectivity index (χ3n) is 1.78. The third kappa shape index (κ3) is 2.85. The second-order valence-electron chi connectivity index (χ2n) is 3.16. The van der Waals surface area contributed by atoms with Gasteiger partial charge < -0.3 is 5.73 Å². The second kappa shape index (κ2) is 4.65. The van der Waals surface area contributed by atoms with Crippen LogP contribution in [0.1, 0.15) is 12.5 Å². The number of hydrogen-bond acceptors (Lipinski definition) is 3. The summed E-state index contributed by atoms with van der Waals surface area (Å²) in [6.07, 6.45) is 3.01. The molecule has 4 nitrogen and oxygen atoms in total. The van der Waals surface area contributed by atoms with Crippen LogP contribution in [0.5, 0.6) is 0 Å². The van der Waals surface area contributed by atoms with Gasteiger partial charge in [-0.2, -0.15) is 4.39 Å². The molecule has 1 atom stereocenters. The summed E-state index contributed by atoms with van der Waals surface area (Å²) < 4.78 is 13.4. The molecule has 0 radical (unpaired) electrons. The molecule has 80 valence electrons. The van der Waals surface area contributed by atoms with Crippen LogP contribution in [0, 0.1) is 15.9 Å². The van der Waals surface area contributed by atoms with Gasteiger partial charge in [0.1, 0.15) is 0 Å². The van der Waals surface area contributed by atoms with Gasteiger partial charge in [-0.15, -0.1) is 0 Å². The normalized spacial score (nSPS) is 13.0. The standard InChI is InChI=1S/C10H11FN2O2/c1-7(12)5-6-8-3-2-4-9(10(8)11)13(14)15/h2-7H,12H2,1H3/b6-5+. The summed E-state index contributed by atoms with van der Waals surface area (Å²) in [7, 11) is 0. The highest BCUT2D eigenvalue weighted by Crippen LogP contribution is 2.20. The number of benzene rings is 1. The van der Waals surface area contributed by atoms with Crippen LogP contribution in [0.2, 0.25) is 0 Å². The van der Waals surface area contributed by atoms with Crippen molar-refractivity contribution in [2.75, 3.05) is 0 Å². The summed E-state index contributed by atoms with van der Waals surface area (Å²) in [6.45, 7) is 1.73. The molecule has 0 saturated heterocycles. The SMILES string of the molecule is CC(N)/C=C/c1cccc([N+](=O)[O-])c1F. The zero-order valence-electron chi connectivity index (χ0n) is 8.18. The first kappa shape index (κ1) is 11.3. The number of nitro benzene ring substituents is 1. The van der Waals surface area contributed by atoms with Gasteiger partial charge in [-0.05, 0) is 6.92 Å². The number of rotatable bonds is 3. The fourth-order valence-electron chi connectivity index (χ4n) is 1.06. The Morgan fingerprint density at radius 3 is 2.80 bits per heavy atom. The van der Waals surface area contributed by atoms with Crippen LogP contribution in [0.4, 0.5) is 10.1 Å². The van der Waals surface area contributed by atoms with E-state index in [1.165, 1.54) is 18.2 Å². The van der Waals surface area contributed by atoms with Crippen LogP contribution < -0.4 is 5.73 Å². The van der Waals surface area contributed by atoms with E-state index in [9.17, 15) is 14.5 Å². The zero-order valence-corrected chi connectivity index (χ0v) is 8.18. The number of nitrogens with zero attached hydrogens (tertiary/aromatic N) is 1. The Morgan fingerprint density at radius 1 is 1.60 bits per heavy atom. The van der Waals surface area contributed by atoms with Gasteiger partial charge in [-0.1, -0.05) is 24.3 Å². The van der Waals surface area contributed by atoms with E-state index in [1.807, 2.05) is 0 Å². The molecule has 0 heterocycles. The maximum Gasteiger partial charge on any atom is 0.305 e. The van der Waals surface area contributed by atoms with Gasteiger partial charge in [0.2, 0.25) is 5.82 Å². The van der Waals surface area contributed by atoms with E-state index in [2.05, 4.69) is 0 Å². The van der Waals surface area contributed by atoms with Crippen LogP contribution >= 0.6 is 0 Å². The molecule has 0 fully saturated rings. The molecule has 2 N–H and O–H groups in total. The Hall–Kier alpha value is -1.75. The van der Waals surface area contributed by atoms with Crippen LogP contribution in [0.3, 0.4) is 0 Å². The Kier molecular flexibility index (Phi) is 3.51. The number of nitro groups is 1. The van der Waals surface area contributed by atoms with Gasteiger partial charge in [-0.25, -0.2) is 0 Å². The summed E-state index contributed by atoms with van der Waals surface area (Å²) in [4.78, 5) is 9.68. The largest absolute Gasteiger partial charge is 0.325 e. The third-order valence-corrected chi connectivity index (χ3v) is 1.78. The Bertz CT molecular complexity index is 402. The van der Waals surface area contributed by atoms with E-state index < -0.39 is 16.4 Å². The molecule has 0 spiro atoms. The van der Waals surface area contributed by atoms with Crippen molar-refractivity contribution in [2.45, 2.75) is 13.0 Å². The molecule has 0 aliphatic carbocycles. The van der Waals surface area contributed by atoms with Crippen LogP contribution in [-0.2, 0) is 0 Å². The quantitative estimate of drug-likeness (QED) is 0.613. The summed E-state index contributed by atoms with van der Waals surface area (Å²) in [5.74, 6) is -0.834. The first-order valence-corrected chi connectivity index (χ1v) is 4.39. The van der Waals surface area contributed by atoms with Crippen LogP contribution in [-0.4, -0.2) is 11.0 Å². The minimum absolute atomic E-state index is 0.168. The maximum absolute atomic E-state index is 13.4. The minimum Gasteiger partial charge on any atom is -0.325 e. The first-order chi connectivity index (χ1) is 7.02. The highest BCUT2D eigenvalue weighted by Gasteiger charge is 2.15. The lowest BCUT2D eigenvalue weighted by molar-refractivity contribution is -0.387. The van der Waals surface area contributed by atoms with Gasteiger partial charge in [0.25, 0.3) is 0 Å². The topological polar surface area (TPSA) is 69.2 Å². The summed E-state index contributed by atoms with van der Waals surface area (Å²) >= 11 is 0. The monoisotopic (exact) mass is 210 g/mol. The van der Waals surface area contributed by atoms with Gasteiger partial charge in [0, 0.05) is 17.7 Å². The molecule has 1 aromatic carbocycles. The molecule has 0 aromatic heterocycles. The van der Waals surface area contributed by atoms with Crippen molar-refractivity contribution in [3.63, 3.8) is 0 Å². The molecule has 1 aromatic rings. The highest BCUT2D eigenvalue weighted by atomic mass is 19.1. The lowest BCUT2D eigenvalue weighted by atomic mass is 10.1. The summed E-state index contributed by atoms with van der Waals surface area (Å²) in [5, 5.41) is 10.4. The molecule has 1 rings (SSSR count). The lowest BCUT2D eigenvalue weighted by Gasteiger charge is -1.99. The van der Waals surface area contributed by atoms with Crippen molar-refractivity contribution in [3.8, 4) is 0 Å². The molecular weight excluding hydrogens is 199 g/mol. The number of halogens is 1. The second-order valence-corrected chi connectivity index (χ2v) is 3.16. The molecule has 0 amide bonds. The van der Waals surface area contributed by atoms with E-state index in [-0.39, 0.29) is 11.6 Å². The predicted octanol–water partition coefficient (Wildman–Crippen LogP) is 2.09. The molecule has 5 heteroatoms. The van der Waals surface area contributed by atoms with Crippen molar-refractivity contribution in [1.82, 2.24) is 0 Å². The minimum atomic E-state index is -0.834. The Labute approximate surface area is 86.4 Å². The van der Waals surface area contributed by atoms with E-state index in [0.29, 0.717) is 0 Å². The smallest absolute Gasteiger partial charge is 0.305 e. The molecule has 0 bridgehead atoms. The lowest BCUT2D eigenvalue weighted by Crippen LogP contribution is -2.10. The van der Waals surface area contributed by atoms with Gasteiger partial charge in [0.15, 0.2) is 0 Å². The van der Waals surface area contributed by atoms with Crippen molar-refractivity contribution in [3.05, 3.63) is 45.8 Å². The fraction of sp³-hybridized carbons (Fsp3) is 0.200. The van der Waals surface area contributed by atoms with E-state index in [1.54, 1.807) is 13.0 Å². The summed E-state index contributed by atoms with van der Waals surface area (Å²) in [6, 6.07) is 3.80. The maximum atomic E-state index is 13.4. The van der Waals surface area contributed by atoms with Gasteiger partial charge >= 0.3 is 5.69 Å². The molecule has 0 aliphatic heterocycles. The predicted molar refractivity (Wildman–Crippen MR) is 55.7 cm³/mol. The first-order valence-electron chi connectivity index (χ1n) is 4.39. The zero-order chi connectivity index (χ0) is 11.4. The van der Waals surface area contributed by atoms with Gasteiger partial charge in [-0.3, -0.25) is 10.1 Å². The van der Waals surface area contributed by atoms with Crippen molar-refractivity contribution in [2.24, 2.45) is 5.73 Å². The Morgan fingerprint density at radius 2 is 2.27 bits per heavy atom. The Balaban J connectivity index is 3.10.